The molecule has 0 aliphatic carbocycles. The lowest BCUT2D eigenvalue weighted by Crippen LogP contribution is -2.32. The van der Waals surface area contributed by atoms with E-state index in [4.69, 9.17) is 11.6 Å². The van der Waals surface area contributed by atoms with Crippen molar-refractivity contribution in [3.63, 3.8) is 0 Å². The second-order valence-corrected chi connectivity index (χ2v) is 11.2. The molecule has 0 spiro atoms. The van der Waals surface area contributed by atoms with Crippen molar-refractivity contribution in [1.82, 2.24) is 4.90 Å². The molecule has 9 heteroatoms. The summed E-state index contributed by atoms with van der Waals surface area (Å²) < 4.78 is 0. The molecule has 2 atom stereocenters. The maximum absolute atomic E-state index is 13.9. The molecule has 1 aliphatic rings. The van der Waals surface area contributed by atoms with Gasteiger partial charge in [0.1, 0.15) is 0 Å². The number of hydrogen-bond donors (Lipinski definition) is 2. The van der Waals surface area contributed by atoms with E-state index in [1.807, 2.05) is 63.2 Å². The van der Waals surface area contributed by atoms with Crippen molar-refractivity contribution >= 4 is 53.2 Å². The van der Waals surface area contributed by atoms with Gasteiger partial charge in [0.25, 0.3) is 11.8 Å². The topological polar surface area (TPSA) is 90.0 Å². The Morgan fingerprint density at radius 1 is 1.02 bits per heavy atom. The quantitative estimate of drug-likeness (QED) is 0.298. The average Bonchev–Trinajstić information content (AvgIpc) is 3.08. The normalized spacial score (nSPS) is 15.4. The molecule has 2 N–H and O–H groups in total. The van der Waals surface area contributed by atoms with Gasteiger partial charge in [0.15, 0.2) is 0 Å². The van der Waals surface area contributed by atoms with Crippen LogP contribution >= 0.6 is 24.0 Å². The van der Waals surface area contributed by atoms with E-state index < -0.39 is 11.9 Å². The van der Waals surface area contributed by atoms with Crippen molar-refractivity contribution < 1.29 is 19.5 Å². The van der Waals surface area contributed by atoms with E-state index in [0.717, 1.165) is 16.7 Å². The SMILES string of the molecule is Cc1ccccc1C(=O)Nc1ccc(C(=O)N2CCCC(C(CCN(C)C)C(=O)O)c3cc(Cl)ccc32)c(C)c1.Cl. The lowest BCUT2D eigenvalue weighted by molar-refractivity contribution is -0.143. The maximum atomic E-state index is 13.9. The molecule has 1 heterocycles. The zero-order valence-corrected chi connectivity index (χ0v) is 25.4. The fourth-order valence-electron chi connectivity index (χ4n) is 5.49. The fourth-order valence-corrected chi connectivity index (χ4v) is 5.67. The molecule has 0 aromatic heterocycles. The van der Waals surface area contributed by atoms with Crippen LogP contribution in [0.2, 0.25) is 5.02 Å². The number of carbonyl (C=O) groups excluding carboxylic acids is 2. The molecule has 0 radical (unpaired) electrons. The number of halogens is 2. The van der Waals surface area contributed by atoms with Gasteiger partial charge in [-0.1, -0.05) is 29.8 Å². The van der Waals surface area contributed by atoms with Crippen molar-refractivity contribution in [3.05, 3.63) is 93.5 Å². The van der Waals surface area contributed by atoms with Crippen molar-refractivity contribution in [2.75, 3.05) is 37.4 Å². The Morgan fingerprint density at radius 3 is 2.41 bits per heavy atom. The smallest absolute Gasteiger partial charge is 0.307 e. The van der Waals surface area contributed by atoms with Crippen LogP contribution in [0.5, 0.6) is 0 Å². The Bertz CT molecular complexity index is 1430. The van der Waals surface area contributed by atoms with Crippen LogP contribution in [0.15, 0.2) is 60.7 Å². The summed E-state index contributed by atoms with van der Waals surface area (Å²) in [4.78, 5) is 42.8. The van der Waals surface area contributed by atoms with E-state index in [1.165, 1.54) is 0 Å². The fraction of sp³-hybridized carbons (Fsp3) is 0.344. The molecule has 2 unspecified atom stereocenters. The van der Waals surface area contributed by atoms with E-state index in [9.17, 15) is 19.5 Å². The summed E-state index contributed by atoms with van der Waals surface area (Å²) in [6.45, 7) is 4.86. The number of hydrogen-bond acceptors (Lipinski definition) is 4. The molecule has 0 saturated carbocycles. The van der Waals surface area contributed by atoms with Gasteiger partial charge in [-0.3, -0.25) is 14.4 Å². The highest BCUT2D eigenvalue weighted by Crippen LogP contribution is 2.42. The zero-order valence-electron chi connectivity index (χ0n) is 23.8. The minimum Gasteiger partial charge on any atom is -0.481 e. The molecule has 0 bridgehead atoms. The molecule has 0 saturated heterocycles. The molecule has 4 rings (SSSR count). The zero-order chi connectivity index (χ0) is 29.0. The van der Waals surface area contributed by atoms with E-state index >= 15 is 0 Å². The third-order valence-electron chi connectivity index (χ3n) is 7.62. The summed E-state index contributed by atoms with van der Waals surface area (Å²) in [6.07, 6.45) is 1.81. The lowest BCUT2D eigenvalue weighted by Gasteiger charge is -2.28. The summed E-state index contributed by atoms with van der Waals surface area (Å²) in [5.41, 5.74) is 4.84. The summed E-state index contributed by atoms with van der Waals surface area (Å²) in [6, 6.07) is 18.0. The number of aryl methyl sites for hydroxylation is 2. The summed E-state index contributed by atoms with van der Waals surface area (Å²) in [5, 5.41) is 13.6. The van der Waals surface area contributed by atoms with E-state index in [1.54, 1.807) is 35.2 Å². The van der Waals surface area contributed by atoms with Crippen LogP contribution in [0.1, 0.15) is 62.6 Å². The first kappa shape index (κ1) is 32.1. The van der Waals surface area contributed by atoms with Crippen LogP contribution in [0.25, 0.3) is 0 Å². The first-order chi connectivity index (χ1) is 19.1. The highest BCUT2D eigenvalue weighted by molar-refractivity contribution is 6.30. The number of carboxylic acids is 1. The van der Waals surface area contributed by atoms with Crippen molar-refractivity contribution in [2.45, 2.75) is 39.0 Å². The van der Waals surface area contributed by atoms with Crippen LogP contribution in [0.3, 0.4) is 0 Å². The third-order valence-corrected chi connectivity index (χ3v) is 7.85. The second kappa shape index (κ2) is 14.0. The first-order valence-electron chi connectivity index (χ1n) is 13.5. The van der Waals surface area contributed by atoms with Crippen LogP contribution < -0.4 is 10.2 Å². The number of nitrogens with zero attached hydrogens (tertiary/aromatic N) is 2. The number of fused-ring (bicyclic) bond motifs is 1. The van der Waals surface area contributed by atoms with Crippen LogP contribution in [0, 0.1) is 19.8 Å². The second-order valence-electron chi connectivity index (χ2n) is 10.7. The average molecular weight is 599 g/mol. The van der Waals surface area contributed by atoms with Gasteiger partial charge in [-0.15, -0.1) is 12.4 Å². The number of carbonyl (C=O) groups is 3. The van der Waals surface area contributed by atoms with Gasteiger partial charge in [0.05, 0.1) is 5.92 Å². The largest absolute Gasteiger partial charge is 0.481 e. The molecule has 7 nitrogen and oxygen atoms in total. The first-order valence-corrected chi connectivity index (χ1v) is 13.9. The maximum Gasteiger partial charge on any atom is 0.307 e. The van der Waals surface area contributed by atoms with Gasteiger partial charge < -0.3 is 20.2 Å². The van der Waals surface area contributed by atoms with E-state index in [-0.39, 0.29) is 30.1 Å². The van der Waals surface area contributed by atoms with Crippen molar-refractivity contribution in [2.24, 2.45) is 5.92 Å². The van der Waals surface area contributed by atoms with E-state index in [0.29, 0.717) is 59.9 Å². The molecule has 218 valence electrons. The molecule has 3 aromatic rings. The van der Waals surface area contributed by atoms with Gasteiger partial charge >= 0.3 is 5.97 Å². The summed E-state index contributed by atoms with van der Waals surface area (Å²) in [5.74, 6) is -2.06. The van der Waals surface area contributed by atoms with Gasteiger partial charge in [0, 0.05) is 34.1 Å². The molecule has 0 fully saturated rings. The molecular weight excluding hydrogens is 561 g/mol. The summed E-state index contributed by atoms with van der Waals surface area (Å²) in [7, 11) is 3.86. The molecule has 1 aliphatic heterocycles. The van der Waals surface area contributed by atoms with Crippen molar-refractivity contribution in [1.29, 1.82) is 0 Å². The van der Waals surface area contributed by atoms with E-state index in [2.05, 4.69) is 5.32 Å². The Labute approximate surface area is 252 Å². The predicted octanol–water partition coefficient (Wildman–Crippen LogP) is 6.81. The molecule has 3 aromatic carbocycles. The Kier molecular flexibility index (Phi) is 11.0. The third kappa shape index (κ3) is 7.47. The number of rotatable bonds is 8. The van der Waals surface area contributed by atoms with Gasteiger partial charge in [-0.25, -0.2) is 0 Å². The number of carboxylic acid groups (broad SMARTS) is 1. The van der Waals surface area contributed by atoms with Gasteiger partial charge in [0.2, 0.25) is 0 Å². The Balaban J connectivity index is 0.00000462. The minimum atomic E-state index is -0.836. The number of nitrogens with one attached hydrogen (secondary N) is 1. The number of benzene rings is 3. The molecule has 41 heavy (non-hydrogen) atoms. The monoisotopic (exact) mass is 597 g/mol. The number of aliphatic carboxylic acids is 1. The number of amides is 2. The van der Waals surface area contributed by atoms with Gasteiger partial charge in [-0.2, -0.15) is 0 Å². The lowest BCUT2D eigenvalue weighted by atomic mass is 9.80. The van der Waals surface area contributed by atoms with Crippen LogP contribution in [0.4, 0.5) is 11.4 Å². The Morgan fingerprint density at radius 2 is 1.76 bits per heavy atom. The van der Waals surface area contributed by atoms with Crippen LogP contribution in [-0.2, 0) is 4.79 Å². The highest BCUT2D eigenvalue weighted by Gasteiger charge is 2.35. The highest BCUT2D eigenvalue weighted by atomic mass is 35.5. The minimum absolute atomic E-state index is 0. The molecular formula is C32H37Cl2N3O4. The summed E-state index contributed by atoms with van der Waals surface area (Å²) >= 11 is 6.40. The number of anilines is 2. The van der Waals surface area contributed by atoms with Gasteiger partial charge in [-0.05, 0) is 119 Å². The predicted molar refractivity (Wildman–Crippen MR) is 167 cm³/mol. The van der Waals surface area contributed by atoms with Crippen molar-refractivity contribution in [3.8, 4) is 0 Å². The Hall–Kier alpha value is -3.39. The standard InChI is InChI=1S/C32H36ClN3O4.ClH/c1-20-8-5-6-9-24(20)30(37)34-23-12-13-25(21(2)18-23)31(38)36-16-7-10-26(27(32(39)40)15-17-35(3)4)28-19-22(33)11-14-29(28)36;/h5-6,8-9,11-14,18-19,26-27H,7,10,15-17H2,1-4H3,(H,34,37)(H,39,40);1H. The van der Waals surface area contributed by atoms with Crippen LogP contribution in [-0.4, -0.2) is 55.0 Å². The molecule has 2 amide bonds.